The molecule has 2 aliphatic heterocycles. The highest BCUT2D eigenvalue weighted by molar-refractivity contribution is 7.99. The lowest BCUT2D eigenvalue weighted by Gasteiger charge is -2.38. The van der Waals surface area contributed by atoms with Crippen molar-refractivity contribution >= 4 is 17.7 Å². The van der Waals surface area contributed by atoms with Crippen LogP contribution in [0.4, 0.5) is 4.39 Å². The maximum atomic E-state index is 13.0. The molecule has 2 atom stereocenters. The van der Waals surface area contributed by atoms with E-state index in [1.54, 1.807) is 12.1 Å². The number of hydrogen-bond donors (Lipinski definition) is 0. The minimum atomic E-state index is -0.282. The van der Waals surface area contributed by atoms with Crippen LogP contribution in [-0.2, 0) is 11.2 Å². The van der Waals surface area contributed by atoms with Gasteiger partial charge in [0.1, 0.15) is 17.3 Å². The van der Waals surface area contributed by atoms with Crippen LogP contribution < -0.4 is 4.74 Å². The second kappa shape index (κ2) is 8.56. The summed E-state index contributed by atoms with van der Waals surface area (Å²) in [5.74, 6) is 1.31. The van der Waals surface area contributed by atoms with Gasteiger partial charge in [-0.3, -0.25) is 4.79 Å². The molecule has 5 heteroatoms. The van der Waals surface area contributed by atoms with Gasteiger partial charge in [-0.25, -0.2) is 4.39 Å². The van der Waals surface area contributed by atoms with Crippen LogP contribution in [0.5, 0.6) is 11.5 Å². The topological polar surface area (TPSA) is 29.5 Å². The number of nitrogens with zero attached hydrogens (tertiary/aromatic N) is 1. The molecule has 0 saturated carbocycles. The Morgan fingerprint density at radius 1 is 1.11 bits per heavy atom. The lowest BCUT2D eigenvalue weighted by Crippen LogP contribution is -2.47. The molecule has 0 radical (unpaired) electrons. The monoisotopic (exact) mass is 399 g/mol. The zero-order chi connectivity index (χ0) is 19.5. The van der Waals surface area contributed by atoms with Gasteiger partial charge in [-0.05, 0) is 80.3 Å². The zero-order valence-corrected chi connectivity index (χ0v) is 17.0. The number of hydrogen-bond acceptors (Lipinski definition) is 3. The summed E-state index contributed by atoms with van der Waals surface area (Å²) in [4.78, 5) is 15.1. The molecule has 4 rings (SSSR count). The van der Waals surface area contributed by atoms with Crippen LogP contribution >= 0.6 is 11.8 Å². The van der Waals surface area contributed by atoms with Crippen molar-refractivity contribution in [2.75, 3.05) is 6.26 Å². The third-order valence-electron chi connectivity index (χ3n) is 5.89. The van der Waals surface area contributed by atoms with Gasteiger partial charge >= 0.3 is 0 Å². The number of benzene rings is 2. The number of ether oxygens (including phenoxy) is 1. The van der Waals surface area contributed by atoms with Crippen molar-refractivity contribution < 1.29 is 13.9 Å². The van der Waals surface area contributed by atoms with Crippen LogP contribution in [0, 0.1) is 5.82 Å². The summed E-state index contributed by atoms with van der Waals surface area (Å²) < 4.78 is 18.8. The number of fused-ring (bicyclic) bond motifs is 2. The quantitative estimate of drug-likeness (QED) is 0.648. The highest BCUT2D eigenvalue weighted by Gasteiger charge is 2.42. The summed E-state index contributed by atoms with van der Waals surface area (Å²) in [5, 5.41) is 0.710. The Hall–Kier alpha value is -2.01. The maximum Gasteiger partial charge on any atom is 0.223 e. The van der Waals surface area contributed by atoms with E-state index in [2.05, 4.69) is 11.2 Å². The van der Waals surface area contributed by atoms with Crippen molar-refractivity contribution in [3.05, 3.63) is 59.9 Å². The SMILES string of the molecule is CSC1CC2CCC(C1)N2C(=O)CCc1cccc(Oc2ccc(F)cc2)c1. The number of amides is 1. The van der Waals surface area contributed by atoms with Crippen LogP contribution in [0.15, 0.2) is 48.5 Å². The predicted octanol–water partition coefficient (Wildman–Crippen LogP) is 5.44. The summed E-state index contributed by atoms with van der Waals surface area (Å²) >= 11 is 1.95. The first kappa shape index (κ1) is 19.3. The minimum Gasteiger partial charge on any atom is -0.457 e. The number of carbonyl (C=O) groups is 1. The minimum absolute atomic E-state index is 0.282. The smallest absolute Gasteiger partial charge is 0.223 e. The van der Waals surface area contributed by atoms with Gasteiger partial charge in [-0.1, -0.05) is 12.1 Å². The molecule has 1 amide bonds. The molecule has 2 aliphatic rings. The molecule has 2 aromatic carbocycles. The standard InChI is InChI=1S/C23H26FNO2S/c1-28-22-14-18-8-9-19(15-22)25(18)23(26)12-5-16-3-2-4-21(13-16)27-20-10-6-17(24)7-11-20/h2-4,6-7,10-11,13,18-19,22H,5,8-9,12,14-15H2,1H3. The first-order chi connectivity index (χ1) is 13.6. The highest BCUT2D eigenvalue weighted by Crippen LogP contribution is 2.40. The third kappa shape index (κ3) is 4.35. The molecule has 0 aromatic heterocycles. The van der Waals surface area contributed by atoms with E-state index < -0.39 is 0 Å². The molecule has 2 bridgehead atoms. The Labute approximate surface area is 170 Å². The molecule has 2 saturated heterocycles. The van der Waals surface area contributed by atoms with Gasteiger partial charge in [0, 0.05) is 23.8 Å². The third-order valence-corrected chi connectivity index (χ3v) is 6.94. The van der Waals surface area contributed by atoms with Crippen molar-refractivity contribution in [3.63, 3.8) is 0 Å². The van der Waals surface area contributed by atoms with E-state index in [0.717, 1.165) is 31.2 Å². The van der Waals surface area contributed by atoms with Crippen LogP contribution in [0.1, 0.15) is 37.7 Å². The van der Waals surface area contributed by atoms with Crippen molar-refractivity contribution in [1.82, 2.24) is 4.90 Å². The van der Waals surface area contributed by atoms with Crippen molar-refractivity contribution in [3.8, 4) is 11.5 Å². The lowest BCUT2D eigenvalue weighted by atomic mass is 10.0. The van der Waals surface area contributed by atoms with Crippen LogP contribution in [0.25, 0.3) is 0 Å². The van der Waals surface area contributed by atoms with Gasteiger partial charge < -0.3 is 9.64 Å². The average molecular weight is 400 g/mol. The summed E-state index contributed by atoms with van der Waals surface area (Å²) in [6.45, 7) is 0. The van der Waals surface area contributed by atoms with E-state index in [0.29, 0.717) is 41.7 Å². The van der Waals surface area contributed by atoms with E-state index in [1.807, 2.05) is 36.0 Å². The van der Waals surface area contributed by atoms with Crippen molar-refractivity contribution in [1.29, 1.82) is 0 Å². The zero-order valence-electron chi connectivity index (χ0n) is 16.1. The second-order valence-electron chi connectivity index (χ2n) is 7.72. The normalized spacial score (nSPS) is 23.6. The second-order valence-corrected chi connectivity index (χ2v) is 8.86. The van der Waals surface area contributed by atoms with Crippen LogP contribution in [0.3, 0.4) is 0 Å². The fourth-order valence-electron chi connectivity index (χ4n) is 4.51. The van der Waals surface area contributed by atoms with Crippen molar-refractivity contribution in [2.24, 2.45) is 0 Å². The molecule has 0 spiro atoms. The average Bonchev–Trinajstić information content (AvgIpc) is 2.98. The molecule has 0 N–H and O–H groups in total. The first-order valence-electron chi connectivity index (χ1n) is 9.98. The maximum absolute atomic E-state index is 13.0. The van der Waals surface area contributed by atoms with Crippen LogP contribution in [-0.4, -0.2) is 34.4 Å². The Morgan fingerprint density at radius 3 is 2.50 bits per heavy atom. The Bertz CT molecular complexity index is 812. The van der Waals surface area contributed by atoms with Gasteiger partial charge in [0.05, 0.1) is 0 Å². The molecule has 2 fully saturated rings. The largest absolute Gasteiger partial charge is 0.457 e. The predicted molar refractivity (Wildman–Crippen MR) is 111 cm³/mol. The molecule has 0 aliphatic carbocycles. The number of carbonyl (C=O) groups excluding carboxylic acids is 1. The van der Waals surface area contributed by atoms with E-state index in [-0.39, 0.29) is 11.7 Å². The van der Waals surface area contributed by atoms with E-state index in [4.69, 9.17) is 4.74 Å². The van der Waals surface area contributed by atoms with Crippen molar-refractivity contribution in [2.45, 2.75) is 55.9 Å². The summed E-state index contributed by atoms with van der Waals surface area (Å²) in [7, 11) is 0. The fourth-order valence-corrected chi connectivity index (χ4v) is 5.34. The Morgan fingerprint density at radius 2 is 1.82 bits per heavy atom. The van der Waals surface area contributed by atoms with Gasteiger partial charge in [-0.2, -0.15) is 11.8 Å². The number of aryl methyl sites for hydroxylation is 1. The number of halogens is 1. The molecular formula is C23H26FNO2S. The summed E-state index contributed by atoms with van der Waals surface area (Å²) in [6, 6.07) is 14.7. The van der Waals surface area contributed by atoms with Gasteiger partial charge in [0.2, 0.25) is 5.91 Å². The number of piperidine rings is 1. The van der Waals surface area contributed by atoms with Crippen LogP contribution in [0.2, 0.25) is 0 Å². The van der Waals surface area contributed by atoms with E-state index in [9.17, 15) is 9.18 Å². The highest BCUT2D eigenvalue weighted by atomic mass is 32.2. The molecule has 3 nitrogen and oxygen atoms in total. The molecule has 2 heterocycles. The summed E-state index contributed by atoms with van der Waals surface area (Å²) in [6.07, 6.45) is 8.04. The summed E-state index contributed by atoms with van der Waals surface area (Å²) in [5.41, 5.74) is 1.08. The molecule has 2 unspecified atom stereocenters. The molecular weight excluding hydrogens is 373 g/mol. The fraction of sp³-hybridized carbons (Fsp3) is 0.435. The number of thioether (sulfide) groups is 1. The Kier molecular flexibility index (Phi) is 5.90. The van der Waals surface area contributed by atoms with Gasteiger partial charge in [-0.15, -0.1) is 0 Å². The molecule has 28 heavy (non-hydrogen) atoms. The lowest BCUT2D eigenvalue weighted by molar-refractivity contribution is -0.135. The van der Waals surface area contributed by atoms with E-state index >= 15 is 0 Å². The van der Waals surface area contributed by atoms with E-state index in [1.165, 1.54) is 12.1 Å². The first-order valence-corrected chi connectivity index (χ1v) is 11.3. The van der Waals surface area contributed by atoms with Gasteiger partial charge in [0.25, 0.3) is 0 Å². The number of rotatable bonds is 6. The molecule has 148 valence electrons. The molecule has 2 aromatic rings. The van der Waals surface area contributed by atoms with Gasteiger partial charge in [0.15, 0.2) is 0 Å². The Balaban J connectivity index is 1.35.